The van der Waals surface area contributed by atoms with Crippen LogP contribution in [0.15, 0.2) is 47.4 Å². The minimum atomic E-state index is -3.64. The van der Waals surface area contributed by atoms with Crippen molar-refractivity contribution >= 4 is 15.9 Å². The minimum Gasteiger partial charge on any atom is -0.346 e. The first-order chi connectivity index (χ1) is 15.7. The zero-order valence-electron chi connectivity index (χ0n) is 19.4. The molecule has 0 spiro atoms. The molecule has 2 aromatic rings. The van der Waals surface area contributed by atoms with Crippen molar-refractivity contribution in [3.8, 4) is 0 Å². The third kappa shape index (κ3) is 7.07. The maximum atomic E-state index is 13.4. The molecule has 180 valence electrons. The number of nitrogens with one attached hydrogen (secondary N) is 3. The van der Waals surface area contributed by atoms with Crippen molar-refractivity contribution in [1.82, 2.24) is 20.5 Å². The number of nitrogens with zero attached hydrogens (tertiary/aromatic N) is 1. The second-order valence-corrected chi connectivity index (χ2v) is 10.4. The van der Waals surface area contributed by atoms with E-state index in [1.54, 1.807) is 42.3 Å². The third-order valence-corrected chi connectivity index (χ3v) is 7.58. The summed E-state index contributed by atoms with van der Waals surface area (Å²) < 4.78 is 40.8. The van der Waals surface area contributed by atoms with Crippen molar-refractivity contribution in [3.05, 3.63) is 65.0 Å². The van der Waals surface area contributed by atoms with Gasteiger partial charge in [-0.2, -0.15) is 0 Å². The number of hydrazine groups is 1. The van der Waals surface area contributed by atoms with Gasteiger partial charge in [0.05, 0.1) is 4.90 Å². The van der Waals surface area contributed by atoms with Crippen LogP contribution in [0.5, 0.6) is 0 Å². The summed E-state index contributed by atoms with van der Waals surface area (Å²) in [5.74, 6) is -0.345. The van der Waals surface area contributed by atoms with Gasteiger partial charge < -0.3 is 4.90 Å². The van der Waals surface area contributed by atoms with Gasteiger partial charge in [0.2, 0.25) is 15.9 Å². The third-order valence-electron chi connectivity index (χ3n) is 6.12. The summed E-state index contributed by atoms with van der Waals surface area (Å²) in [6.07, 6.45) is 2.63. The number of benzene rings is 2. The maximum absolute atomic E-state index is 13.4. The number of aryl methyl sites for hydroxylation is 2. The van der Waals surface area contributed by atoms with Crippen molar-refractivity contribution in [1.29, 1.82) is 0 Å². The Hall–Kier alpha value is -2.33. The molecule has 9 heteroatoms. The molecule has 3 N–H and O–H groups in total. The topological polar surface area (TPSA) is 90.5 Å². The lowest BCUT2D eigenvalue weighted by Gasteiger charge is -2.18. The van der Waals surface area contributed by atoms with Gasteiger partial charge in [-0.3, -0.25) is 15.6 Å². The molecule has 1 fully saturated rings. The van der Waals surface area contributed by atoms with Gasteiger partial charge in [0, 0.05) is 38.6 Å². The number of carbonyl (C=O) groups excluding carboxylic acids is 1. The first-order valence-electron chi connectivity index (χ1n) is 11.2. The number of hydrogen-bond donors (Lipinski definition) is 3. The van der Waals surface area contributed by atoms with Crippen molar-refractivity contribution in [2.24, 2.45) is 0 Å². The van der Waals surface area contributed by atoms with E-state index in [-0.39, 0.29) is 41.7 Å². The molecule has 1 amide bonds. The van der Waals surface area contributed by atoms with Crippen LogP contribution < -0.4 is 15.6 Å². The fraction of sp³-hybridized carbons (Fsp3) is 0.458. The lowest BCUT2D eigenvalue weighted by molar-refractivity contribution is -0.129. The Morgan fingerprint density at radius 3 is 2.67 bits per heavy atom. The highest BCUT2D eigenvalue weighted by atomic mass is 32.2. The first-order valence-corrected chi connectivity index (χ1v) is 12.7. The number of hydrogen-bond acceptors (Lipinski definition) is 5. The summed E-state index contributed by atoms with van der Waals surface area (Å²) in [5.41, 5.74) is 9.31. The quantitative estimate of drug-likeness (QED) is 0.491. The van der Waals surface area contributed by atoms with Gasteiger partial charge in [-0.05, 0) is 74.1 Å². The standard InChI is InChI=1S/C24H33FN4O3S/c1-17-9-10-22(14-18(17)2)33(31,32)26-12-11-24(30)29(3)13-5-8-21-16-23(28-27-21)19-6-4-7-20(25)15-19/h4,6-7,9-10,14-15,21,23,26-28H,5,8,11-13,16H2,1-3H3. The molecular weight excluding hydrogens is 443 g/mol. The van der Waals surface area contributed by atoms with Gasteiger partial charge >= 0.3 is 0 Å². The van der Waals surface area contributed by atoms with E-state index in [4.69, 9.17) is 0 Å². The lowest BCUT2D eigenvalue weighted by Crippen LogP contribution is -2.34. The van der Waals surface area contributed by atoms with Gasteiger partial charge in [0.1, 0.15) is 5.82 Å². The van der Waals surface area contributed by atoms with E-state index in [0.717, 1.165) is 36.0 Å². The number of amides is 1. The molecule has 2 unspecified atom stereocenters. The molecule has 1 saturated heterocycles. The van der Waals surface area contributed by atoms with Crippen LogP contribution in [-0.4, -0.2) is 45.4 Å². The van der Waals surface area contributed by atoms with Crippen molar-refractivity contribution < 1.29 is 17.6 Å². The van der Waals surface area contributed by atoms with Crippen molar-refractivity contribution in [2.45, 2.75) is 56.5 Å². The second kappa shape index (κ2) is 11.2. The molecule has 1 aliphatic rings. The predicted molar refractivity (Wildman–Crippen MR) is 126 cm³/mol. The van der Waals surface area contributed by atoms with Crippen LogP contribution in [0, 0.1) is 19.7 Å². The number of rotatable bonds is 10. The SMILES string of the molecule is Cc1ccc(S(=O)(=O)NCCC(=O)N(C)CCCC2CC(c3cccc(F)c3)NN2)cc1C. The Morgan fingerprint density at radius 2 is 1.94 bits per heavy atom. The maximum Gasteiger partial charge on any atom is 0.240 e. The Balaban J connectivity index is 1.36. The van der Waals surface area contributed by atoms with Crippen molar-refractivity contribution in [2.75, 3.05) is 20.1 Å². The highest BCUT2D eigenvalue weighted by Gasteiger charge is 2.25. The smallest absolute Gasteiger partial charge is 0.240 e. The minimum absolute atomic E-state index is 0.0574. The molecule has 0 bridgehead atoms. The van der Waals surface area contributed by atoms with Crippen LogP contribution >= 0.6 is 0 Å². The molecule has 0 aromatic heterocycles. The Kier molecular flexibility index (Phi) is 8.58. The highest BCUT2D eigenvalue weighted by molar-refractivity contribution is 7.89. The molecule has 3 rings (SSSR count). The predicted octanol–water partition coefficient (Wildman–Crippen LogP) is 2.96. The largest absolute Gasteiger partial charge is 0.346 e. The Labute approximate surface area is 195 Å². The van der Waals surface area contributed by atoms with E-state index >= 15 is 0 Å². The molecule has 2 atom stereocenters. The number of halogens is 1. The van der Waals surface area contributed by atoms with Gasteiger partial charge in [-0.25, -0.2) is 17.5 Å². The van der Waals surface area contributed by atoms with Gasteiger partial charge in [0.15, 0.2) is 0 Å². The average Bonchev–Trinajstić information content (AvgIpc) is 3.24. The molecule has 0 saturated carbocycles. The normalized spacial score (nSPS) is 18.4. The summed E-state index contributed by atoms with van der Waals surface area (Å²) >= 11 is 0. The summed E-state index contributed by atoms with van der Waals surface area (Å²) in [6, 6.07) is 11.9. The van der Waals surface area contributed by atoms with E-state index < -0.39 is 10.0 Å². The zero-order valence-corrected chi connectivity index (χ0v) is 20.2. The lowest BCUT2D eigenvalue weighted by atomic mass is 9.99. The summed E-state index contributed by atoms with van der Waals surface area (Å²) in [6.45, 7) is 4.44. The van der Waals surface area contributed by atoms with E-state index in [1.807, 2.05) is 19.9 Å². The van der Waals surface area contributed by atoms with Crippen LogP contribution in [0.4, 0.5) is 4.39 Å². The first kappa shape index (κ1) is 25.3. The van der Waals surface area contributed by atoms with Crippen LogP contribution in [0.3, 0.4) is 0 Å². The molecular formula is C24H33FN4O3S. The summed E-state index contributed by atoms with van der Waals surface area (Å²) in [4.78, 5) is 14.2. The average molecular weight is 477 g/mol. The van der Waals surface area contributed by atoms with Gasteiger partial charge in [0.25, 0.3) is 0 Å². The second-order valence-electron chi connectivity index (χ2n) is 8.68. The molecule has 33 heavy (non-hydrogen) atoms. The van der Waals surface area contributed by atoms with Gasteiger partial charge in [-0.1, -0.05) is 18.2 Å². The molecule has 0 radical (unpaired) electrons. The van der Waals surface area contributed by atoms with Crippen LogP contribution in [0.1, 0.15) is 48.4 Å². The van der Waals surface area contributed by atoms with E-state index in [9.17, 15) is 17.6 Å². The molecule has 7 nitrogen and oxygen atoms in total. The van der Waals surface area contributed by atoms with E-state index in [0.29, 0.717) is 6.54 Å². The Bertz CT molecular complexity index is 1080. The van der Waals surface area contributed by atoms with Crippen LogP contribution in [-0.2, 0) is 14.8 Å². The fourth-order valence-corrected chi connectivity index (χ4v) is 5.02. The zero-order chi connectivity index (χ0) is 24.0. The van der Waals surface area contributed by atoms with E-state index in [2.05, 4.69) is 15.6 Å². The molecule has 1 aliphatic heterocycles. The van der Waals surface area contributed by atoms with Gasteiger partial charge in [-0.15, -0.1) is 0 Å². The molecule has 0 aliphatic carbocycles. The summed E-state index contributed by atoms with van der Waals surface area (Å²) in [7, 11) is -1.91. The Morgan fingerprint density at radius 1 is 1.15 bits per heavy atom. The number of carbonyl (C=O) groups is 1. The van der Waals surface area contributed by atoms with E-state index in [1.165, 1.54) is 6.07 Å². The number of sulfonamides is 1. The van der Waals surface area contributed by atoms with Crippen LogP contribution in [0.25, 0.3) is 0 Å². The highest BCUT2D eigenvalue weighted by Crippen LogP contribution is 2.24. The monoisotopic (exact) mass is 476 g/mol. The van der Waals surface area contributed by atoms with Crippen LogP contribution in [0.2, 0.25) is 0 Å². The summed E-state index contributed by atoms with van der Waals surface area (Å²) in [5, 5.41) is 0. The molecule has 2 aromatic carbocycles. The fourth-order valence-electron chi connectivity index (χ4n) is 3.90. The molecule has 1 heterocycles. The van der Waals surface area contributed by atoms with Crippen molar-refractivity contribution in [3.63, 3.8) is 0 Å².